The Kier molecular flexibility index (Phi) is 3.81. The number of nitrogens with zero attached hydrogens (tertiary/aromatic N) is 5. The largest absolute Gasteiger partial charge is 0.321 e. The van der Waals surface area contributed by atoms with E-state index < -0.39 is 0 Å². The van der Waals surface area contributed by atoms with Gasteiger partial charge in [-0.3, -0.25) is 4.79 Å². The third-order valence-electron chi connectivity index (χ3n) is 3.95. The fourth-order valence-corrected chi connectivity index (χ4v) is 3.35. The van der Waals surface area contributed by atoms with Gasteiger partial charge in [0.1, 0.15) is 4.88 Å². The normalized spacial score (nSPS) is 13.9. The summed E-state index contributed by atoms with van der Waals surface area (Å²) in [6.45, 7) is 1.99. The Bertz CT molecular complexity index is 882. The maximum atomic E-state index is 12.5. The fraction of sp³-hybridized carbons (Fsp3) is 0.312. The standard InChI is InChI=1S/C16H16N6OS/c1-2-13-14(24-9-17-13)16(23)18-11-5-3-4-10(8-11)15-19-20-21-22(15)12-6-7-12/h3-5,8-9,12H,2,6-7H2,1H3,(H,18,23). The van der Waals surface area contributed by atoms with Crippen LogP contribution in [0.15, 0.2) is 29.8 Å². The summed E-state index contributed by atoms with van der Waals surface area (Å²) in [4.78, 5) is 17.3. The zero-order valence-electron chi connectivity index (χ0n) is 13.1. The maximum Gasteiger partial charge on any atom is 0.267 e. The minimum atomic E-state index is -0.131. The quantitative estimate of drug-likeness (QED) is 0.772. The molecule has 0 aliphatic heterocycles. The Morgan fingerprint density at radius 1 is 1.42 bits per heavy atom. The van der Waals surface area contributed by atoms with Gasteiger partial charge in [-0.15, -0.1) is 16.4 Å². The lowest BCUT2D eigenvalue weighted by Gasteiger charge is -2.07. The minimum absolute atomic E-state index is 0.131. The Hall–Kier alpha value is -2.61. The SMILES string of the molecule is CCc1ncsc1C(=O)Nc1cccc(-c2nnnn2C2CC2)c1. The van der Waals surface area contributed by atoms with Crippen molar-refractivity contribution >= 4 is 22.9 Å². The number of amides is 1. The van der Waals surface area contributed by atoms with E-state index in [2.05, 4.69) is 25.8 Å². The summed E-state index contributed by atoms with van der Waals surface area (Å²) in [5, 5.41) is 14.9. The molecule has 3 aromatic rings. The highest BCUT2D eigenvalue weighted by Crippen LogP contribution is 2.36. The van der Waals surface area contributed by atoms with Gasteiger partial charge in [-0.1, -0.05) is 19.1 Å². The molecule has 0 radical (unpaired) electrons. The number of aromatic nitrogens is 5. The third kappa shape index (κ3) is 2.80. The smallest absolute Gasteiger partial charge is 0.267 e. The molecule has 1 saturated carbocycles. The molecule has 2 aromatic heterocycles. The number of carbonyl (C=O) groups is 1. The second-order valence-electron chi connectivity index (χ2n) is 5.69. The Labute approximate surface area is 142 Å². The van der Waals surface area contributed by atoms with Crippen molar-refractivity contribution in [2.75, 3.05) is 5.32 Å². The molecular weight excluding hydrogens is 324 g/mol. The monoisotopic (exact) mass is 340 g/mol. The highest BCUT2D eigenvalue weighted by molar-refractivity contribution is 7.12. The van der Waals surface area contributed by atoms with Gasteiger partial charge in [-0.25, -0.2) is 9.67 Å². The first-order chi connectivity index (χ1) is 11.8. The maximum absolute atomic E-state index is 12.5. The van der Waals surface area contributed by atoms with Crippen LogP contribution in [0.4, 0.5) is 5.69 Å². The van der Waals surface area contributed by atoms with Gasteiger partial charge < -0.3 is 5.32 Å². The Morgan fingerprint density at radius 3 is 3.08 bits per heavy atom. The molecule has 7 nitrogen and oxygen atoms in total. The van der Waals surface area contributed by atoms with E-state index in [1.54, 1.807) is 5.51 Å². The van der Waals surface area contributed by atoms with Crippen molar-refractivity contribution in [1.29, 1.82) is 0 Å². The van der Waals surface area contributed by atoms with Gasteiger partial charge in [0.25, 0.3) is 5.91 Å². The fourth-order valence-electron chi connectivity index (χ4n) is 2.58. The highest BCUT2D eigenvalue weighted by Gasteiger charge is 2.28. The van der Waals surface area contributed by atoms with Crippen LogP contribution in [0.2, 0.25) is 0 Å². The minimum Gasteiger partial charge on any atom is -0.321 e. The predicted octanol–water partition coefficient (Wildman–Crippen LogP) is 2.95. The van der Waals surface area contributed by atoms with Crippen LogP contribution >= 0.6 is 11.3 Å². The van der Waals surface area contributed by atoms with Crippen LogP contribution in [-0.4, -0.2) is 31.1 Å². The van der Waals surface area contributed by atoms with E-state index in [9.17, 15) is 4.79 Å². The lowest BCUT2D eigenvalue weighted by molar-refractivity contribution is 0.102. The number of rotatable bonds is 5. The van der Waals surface area contributed by atoms with Gasteiger partial charge in [-0.05, 0) is 41.8 Å². The average molecular weight is 340 g/mol. The molecule has 122 valence electrons. The van der Waals surface area contributed by atoms with E-state index in [-0.39, 0.29) is 5.91 Å². The lowest BCUT2D eigenvalue weighted by atomic mass is 10.2. The van der Waals surface area contributed by atoms with Gasteiger partial charge in [0, 0.05) is 11.3 Å². The number of hydrogen-bond donors (Lipinski definition) is 1. The van der Waals surface area contributed by atoms with Gasteiger partial charge in [-0.2, -0.15) is 0 Å². The Balaban J connectivity index is 1.59. The first-order valence-corrected chi connectivity index (χ1v) is 8.76. The summed E-state index contributed by atoms with van der Waals surface area (Å²) < 4.78 is 1.86. The number of anilines is 1. The molecule has 1 aliphatic carbocycles. The first-order valence-electron chi connectivity index (χ1n) is 7.88. The molecule has 1 N–H and O–H groups in total. The number of nitrogens with one attached hydrogen (secondary N) is 1. The van der Waals surface area contributed by atoms with E-state index in [0.717, 1.165) is 42.0 Å². The molecule has 0 bridgehead atoms. The number of benzene rings is 1. The van der Waals surface area contributed by atoms with Crippen molar-refractivity contribution in [3.8, 4) is 11.4 Å². The van der Waals surface area contributed by atoms with Crippen molar-refractivity contribution in [1.82, 2.24) is 25.2 Å². The van der Waals surface area contributed by atoms with Crippen molar-refractivity contribution < 1.29 is 4.79 Å². The van der Waals surface area contributed by atoms with Gasteiger partial charge in [0.2, 0.25) is 0 Å². The van der Waals surface area contributed by atoms with Crippen LogP contribution in [0.5, 0.6) is 0 Å². The summed E-state index contributed by atoms with van der Waals surface area (Å²) in [6.07, 6.45) is 2.96. The van der Waals surface area contributed by atoms with Crippen LogP contribution in [-0.2, 0) is 6.42 Å². The molecule has 0 atom stereocenters. The predicted molar refractivity (Wildman–Crippen MR) is 91.0 cm³/mol. The van der Waals surface area contributed by atoms with E-state index in [4.69, 9.17) is 0 Å². The molecular formula is C16H16N6OS. The summed E-state index contributed by atoms with van der Waals surface area (Å²) in [5.41, 5.74) is 4.14. The second-order valence-corrected chi connectivity index (χ2v) is 6.55. The topological polar surface area (TPSA) is 85.6 Å². The van der Waals surface area contributed by atoms with E-state index in [1.807, 2.05) is 35.9 Å². The summed E-state index contributed by atoms with van der Waals surface area (Å²) in [5.74, 6) is 0.605. The zero-order chi connectivity index (χ0) is 16.5. The van der Waals surface area contributed by atoms with E-state index in [1.165, 1.54) is 11.3 Å². The highest BCUT2D eigenvalue weighted by atomic mass is 32.1. The van der Waals surface area contributed by atoms with Crippen molar-refractivity contribution in [3.05, 3.63) is 40.3 Å². The van der Waals surface area contributed by atoms with Crippen LogP contribution in [0.1, 0.15) is 41.2 Å². The van der Waals surface area contributed by atoms with E-state index in [0.29, 0.717) is 10.9 Å². The number of thiazole rings is 1. The molecule has 1 aromatic carbocycles. The molecule has 0 saturated heterocycles. The van der Waals surface area contributed by atoms with Crippen molar-refractivity contribution in [2.45, 2.75) is 32.2 Å². The van der Waals surface area contributed by atoms with Crippen molar-refractivity contribution in [2.24, 2.45) is 0 Å². The molecule has 24 heavy (non-hydrogen) atoms. The van der Waals surface area contributed by atoms with Gasteiger partial charge >= 0.3 is 0 Å². The number of hydrogen-bond acceptors (Lipinski definition) is 6. The molecule has 8 heteroatoms. The number of carbonyl (C=O) groups excluding carboxylic acids is 1. The zero-order valence-corrected chi connectivity index (χ0v) is 14.0. The molecule has 1 aliphatic rings. The summed E-state index contributed by atoms with van der Waals surface area (Å²) in [6, 6.07) is 8.00. The Morgan fingerprint density at radius 2 is 2.29 bits per heavy atom. The lowest BCUT2D eigenvalue weighted by Crippen LogP contribution is -2.12. The molecule has 1 fully saturated rings. The van der Waals surface area contributed by atoms with Crippen LogP contribution in [0.25, 0.3) is 11.4 Å². The third-order valence-corrected chi connectivity index (χ3v) is 4.81. The molecule has 0 unspecified atom stereocenters. The first kappa shape index (κ1) is 14.9. The van der Waals surface area contributed by atoms with Crippen LogP contribution in [0, 0.1) is 0 Å². The van der Waals surface area contributed by atoms with E-state index >= 15 is 0 Å². The summed E-state index contributed by atoms with van der Waals surface area (Å²) >= 11 is 1.36. The molecule has 2 heterocycles. The van der Waals surface area contributed by atoms with Crippen LogP contribution < -0.4 is 5.32 Å². The molecule has 1 amide bonds. The van der Waals surface area contributed by atoms with Crippen molar-refractivity contribution in [3.63, 3.8) is 0 Å². The number of aryl methyl sites for hydroxylation is 1. The van der Waals surface area contributed by atoms with Gasteiger partial charge in [0.15, 0.2) is 5.82 Å². The second kappa shape index (κ2) is 6.12. The molecule has 4 rings (SSSR count). The average Bonchev–Trinajstić information content (AvgIpc) is 3.14. The van der Waals surface area contributed by atoms with Crippen LogP contribution in [0.3, 0.4) is 0 Å². The summed E-state index contributed by atoms with van der Waals surface area (Å²) in [7, 11) is 0. The van der Waals surface area contributed by atoms with Gasteiger partial charge in [0.05, 0.1) is 17.2 Å². The number of tetrazole rings is 1. The molecule has 0 spiro atoms.